The lowest BCUT2D eigenvalue weighted by Gasteiger charge is -2.36. The van der Waals surface area contributed by atoms with Crippen LogP contribution in [0.15, 0.2) is 42.5 Å². The fraction of sp³-hybridized carbons (Fsp3) is 0.333. The summed E-state index contributed by atoms with van der Waals surface area (Å²) in [5.74, 6) is -1.66. The molecular formula is C21H20F4N2O2. The van der Waals surface area contributed by atoms with E-state index in [1.54, 1.807) is 4.90 Å². The van der Waals surface area contributed by atoms with E-state index in [-0.39, 0.29) is 24.4 Å². The third-order valence-electron chi connectivity index (χ3n) is 5.05. The molecule has 1 atom stereocenters. The summed E-state index contributed by atoms with van der Waals surface area (Å²) in [6, 6.07) is 9.36. The molecule has 1 heterocycles. The van der Waals surface area contributed by atoms with E-state index in [9.17, 15) is 27.2 Å². The van der Waals surface area contributed by atoms with Crippen molar-refractivity contribution >= 4 is 11.8 Å². The van der Waals surface area contributed by atoms with Crippen LogP contribution in [0, 0.1) is 5.82 Å². The summed E-state index contributed by atoms with van der Waals surface area (Å²) in [4.78, 5) is 26.1. The van der Waals surface area contributed by atoms with Crippen molar-refractivity contribution in [1.29, 1.82) is 0 Å². The molecule has 2 amide bonds. The number of hydrogen-bond donors (Lipinski definition) is 1. The normalized spacial score (nSPS) is 16.3. The summed E-state index contributed by atoms with van der Waals surface area (Å²) < 4.78 is 52.5. The van der Waals surface area contributed by atoms with Gasteiger partial charge in [-0.25, -0.2) is 4.39 Å². The highest BCUT2D eigenvalue weighted by molar-refractivity contribution is 5.79. The minimum Gasteiger partial charge on any atom is -0.352 e. The van der Waals surface area contributed by atoms with Crippen LogP contribution >= 0.6 is 0 Å². The molecule has 0 radical (unpaired) electrons. The molecule has 0 aromatic heterocycles. The summed E-state index contributed by atoms with van der Waals surface area (Å²) in [6.07, 6.45) is -4.12. The molecule has 0 spiro atoms. The Morgan fingerprint density at radius 2 is 1.90 bits per heavy atom. The van der Waals surface area contributed by atoms with E-state index in [4.69, 9.17) is 0 Å². The zero-order chi connectivity index (χ0) is 21.2. The number of halogens is 4. The highest BCUT2D eigenvalue weighted by Crippen LogP contribution is 2.34. The topological polar surface area (TPSA) is 49.4 Å². The standard InChI is InChI=1S/C21H20F4N2O2/c1-13(28)27-9-8-14-4-2-3-5-17(14)19(27)11-20(29)26-12-15-6-7-16(22)10-18(15)21(23,24)25/h2-7,10,19H,8-9,11-12H2,1H3,(H,26,29). The van der Waals surface area contributed by atoms with Gasteiger partial charge in [0.05, 0.1) is 18.0 Å². The molecule has 2 aromatic carbocycles. The molecule has 0 saturated carbocycles. The lowest BCUT2D eigenvalue weighted by Crippen LogP contribution is -2.41. The largest absolute Gasteiger partial charge is 0.416 e. The summed E-state index contributed by atoms with van der Waals surface area (Å²) in [5, 5.41) is 2.47. The molecule has 0 fully saturated rings. The van der Waals surface area contributed by atoms with E-state index < -0.39 is 29.5 Å². The summed E-state index contributed by atoms with van der Waals surface area (Å²) >= 11 is 0. The van der Waals surface area contributed by atoms with Crippen molar-refractivity contribution in [2.24, 2.45) is 0 Å². The van der Waals surface area contributed by atoms with Crippen molar-refractivity contribution in [2.45, 2.75) is 38.5 Å². The van der Waals surface area contributed by atoms with Crippen LogP contribution in [0.5, 0.6) is 0 Å². The van der Waals surface area contributed by atoms with Gasteiger partial charge in [0.25, 0.3) is 0 Å². The van der Waals surface area contributed by atoms with Crippen LogP contribution in [-0.2, 0) is 28.7 Å². The first kappa shape index (κ1) is 20.8. The highest BCUT2D eigenvalue weighted by atomic mass is 19.4. The van der Waals surface area contributed by atoms with Crippen molar-refractivity contribution < 1.29 is 27.2 Å². The first-order chi connectivity index (χ1) is 13.7. The molecule has 1 N–H and O–H groups in total. The molecule has 154 valence electrons. The van der Waals surface area contributed by atoms with Crippen molar-refractivity contribution in [3.05, 3.63) is 70.5 Å². The number of hydrogen-bond acceptors (Lipinski definition) is 2. The summed E-state index contributed by atoms with van der Waals surface area (Å²) in [6.45, 7) is 1.51. The number of carbonyl (C=O) groups excluding carboxylic acids is 2. The lowest BCUT2D eigenvalue weighted by molar-refractivity contribution is -0.139. The van der Waals surface area contributed by atoms with Gasteiger partial charge in [-0.05, 0) is 35.2 Å². The zero-order valence-electron chi connectivity index (χ0n) is 15.7. The van der Waals surface area contributed by atoms with Crippen molar-refractivity contribution in [3.8, 4) is 0 Å². The number of fused-ring (bicyclic) bond motifs is 1. The molecule has 8 heteroatoms. The van der Waals surface area contributed by atoms with Gasteiger partial charge in [0.1, 0.15) is 5.82 Å². The second-order valence-electron chi connectivity index (χ2n) is 6.96. The van der Waals surface area contributed by atoms with Gasteiger partial charge in [-0.15, -0.1) is 0 Å². The molecule has 3 rings (SSSR count). The number of carbonyl (C=O) groups is 2. The van der Waals surface area contributed by atoms with Crippen LogP contribution in [-0.4, -0.2) is 23.3 Å². The molecule has 0 bridgehead atoms. The monoisotopic (exact) mass is 408 g/mol. The van der Waals surface area contributed by atoms with Crippen LogP contribution in [0.2, 0.25) is 0 Å². The second-order valence-corrected chi connectivity index (χ2v) is 6.96. The predicted molar refractivity (Wildman–Crippen MR) is 98.1 cm³/mol. The van der Waals surface area contributed by atoms with E-state index in [0.717, 1.165) is 23.3 Å². The fourth-order valence-electron chi connectivity index (χ4n) is 3.66. The molecule has 2 aromatic rings. The molecule has 0 aliphatic carbocycles. The van der Waals surface area contributed by atoms with Crippen LogP contribution < -0.4 is 5.32 Å². The van der Waals surface area contributed by atoms with Crippen molar-refractivity contribution in [3.63, 3.8) is 0 Å². The van der Waals surface area contributed by atoms with Crippen LogP contribution in [0.4, 0.5) is 17.6 Å². The number of benzene rings is 2. The van der Waals surface area contributed by atoms with Gasteiger partial charge >= 0.3 is 6.18 Å². The second kappa shape index (κ2) is 8.23. The van der Waals surface area contributed by atoms with Crippen molar-refractivity contribution in [1.82, 2.24) is 10.2 Å². The highest BCUT2D eigenvalue weighted by Gasteiger charge is 2.34. The summed E-state index contributed by atoms with van der Waals surface area (Å²) in [7, 11) is 0. The lowest BCUT2D eigenvalue weighted by atomic mass is 9.90. The van der Waals surface area contributed by atoms with Crippen LogP contribution in [0.3, 0.4) is 0 Å². The van der Waals surface area contributed by atoms with Gasteiger partial charge in [0.2, 0.25) is 11.8 Å². The van der Waals surface area contributed by atoms with E-state index in [1.165, 1.54) is 6.92 Å². The van der Waals surface area contributed by atoms with Crippen LogP contribution in [0.1, 0.15) is 41.6 Å². The van der Waals surface area contributed by atoms with Crippen LogP contribution in [0.25, 0.3) is 0 Å². The smallest absolute Gasteiger partial charge is 0.352 e. The number of amides is 2. The Morgan fingerprint density at radius 1 is 1.17 bits per heavy atom. The first-order valence-corrected chi connectivity index (χ1v) is 9.14. The maximum atomic E-state index is 13.2. The Bertz CT molecular complexity index is 927. The average Bonchev–Trinajstić information content (AvgIpc) is 2.66. The van der Waals surface area contributed by atoms with E-state index >= 15 is 0 Å². The molecule has 1 aliphatic rings. The Hall–Kier alpha value is -2.90. The third kappa shape index (κ3) is 4.75. The van der Waals surface area contributed by atoms with E-state index in [1.807, 2.05) is 24.3 Å². The number of nitrogens with zero attached hydrogens (tertiary/aromatic N) is 1. The third-order valence-corrected chi connectivity index (χ3v) is 5.05. The number of nitrogens with one attached hydrogen (secondary N) is 1. The quantitative estimate of drug-likeness (QED) is 0.778. The van der Waals surface area contributed by atoms with Gasteiger partial charge < -0.3 is 10.2 Å². The van der Waals surface area contributed by atoms with E-state index in [0.29, 0.717) is 19.0 Å². The Labute approximate surface area is 165 Å². The zero-order valence-corrected chi connectivity index (χ0v) is 15.7. The molecule has 1 aliphatic heterocycles. The first-order valence-electron chi connectivity index (χ1n) is 9.14. The van der Waals surface area contributed by atoms with Gasteiger partial charge in [-0.3, -0.25) is 9.59 Å². The molecule has 1 unspecified atom stereocenters. The SMILES string of the molecule is CC(=O)N1CCc2ccccc2C1CC(=O)NCc1ccc(F)cc1C(F)(F)F. The minimum atomic E-state index is -4.73. The molecule has 0 saturated heterocycles. The molecule has 29 heavy (non-hydrogen) atoms. The Balaban J connectivity index is 1.75. The average molecular weight is 408 g/mol. The van der Waals surface area contributed by atoms with Gasteiger partial charge in [0, 0.05) is 20.0 Å². The van der Waals surface area contributed by atoms with Gasteiger partial charge in [0.15, 0.2) is 0 Å². The Kier molecular flexibility index (Phi) is 5.91. The number of alkyl halides is 3. The Morgan fingerprint density at radius 3 is 2.59 bits per heavy atom. The molecular weight excluding hydrogens is 388 g/mol. The van der Waals surface area contributed by atoms with Gasteiger partial charge in [-0.2, -0.15) is 13.2 Å². The minimum absolute atomic E-state index is 0.0703. The van der Waals surface area contributed by atoms with E-state index in [2.05, 4.69) is 5.32 Å². The fourth-order valence-corrected chi connectivity index (χ4v) is 3.66. The van der Waals surface area contributed by atoms with Gasteiger partial charge in [-0.1, -0.05) is 30.3 Å². The number of rotatable bonds is 4. The van der Waals surface area contributed by atoms with Crippen molar-refractivity contribution in [2.75, 3.05) is 6.54 Å². The maximum Gasteiger partial charge on any atom is 0.416 e. The predicted octanol–water partition coefficient (Wildman–Crippen LogP) is 4.00. The maximum absolute atomic E-state index is 13.2. The summed E-state index contributed by atoms with van der Waals surface area (Å²) in [5.41, 5.74) is 0.563. The molecule has 4 nitrogen and oxygen atoms in total.